The molecule has 0 aliphatic carbocycles. The Bertz CT molecular complexity index is 1450. The van der Waals surface area contributed by atoms with Crippen LogP contribution in [0.15, 0.2) is 35.4 Å². The van der Waals surface area contributed by atoms with Crippen molar-refractivity contribution in [2.75, 3.05) is 7.05 Å². The summed E-state index contributed by atoms with van der Waals surface area (Å²) in [5, 5.41) is 6.84. The second kappa shape index (κ2) is 7.85. The van der Waals surface area contributed by atoms with E-state index in [2.05, 4.69) is 25.4 Å². The maximum atomic E-state index is 15.0. The minimum absolute atomic E-state index is 0.0197. The highest BCUT2D eigenvalue weighted by atomic mass is 19.1. The number of nitrogens with one attached hydrogen (secondary N) is 2. The number of amides is 1. The first-order valence-electron chi connectivity index (χ1n) is 10.2. The molecular formula is C22H19F2N7O2. The van der Waals surface area contributed by atoms with Crippen LogP contribution in [0.2, 0.25) is 0 Å². The quantitative estimate of drug-likeness (QED) is 0.491. The number of aromatic nitrogens is 5. The Morgan fingerprint density at radius 1 is 1.27 bits per heavy atom. The van der Waals surface area contributed by atoms with E-state index in [1.165, 1.54) is 17.9 Å². The largest absolute Gasteiger partial charge is 0.354 e. The van der Waals surface area contributed by atoms with E-state index in [0.29, 0.717) is 30.7 Å². The predicted molar refractivity (Wildman–Crippen MR) is 115 cm³/mol. The lowest BCUT2D eigenvalue weighted by Gasteiger charge is -2.16. The molecular weight excluding hydrogens is 432 g/mol. The molecule has 0 saturated heterocycles. The van der Waals surface area contributed by atoms with Gasteiger partial charge in [-0.05, 0) is 13.0 Å². The zero-order valence-electron chi connectivity index (χ0n) is 17.8. The normalized spacial score (nSPS) is 13.5. The number of halogens is 2. The number of rotatable bonds is 4. The van der Waals surface area contributed by atoms with Gasteiger partial charge in [-0.1, -0.05) is 6.07 Å². The minimum Gasteiger partial charge on any atom is -0.354 e. The summed E-state index contributed by atoms with van der Waals surface area (Å²) in [6.45, 7) is 2.84. The molecule has 1 aliphatic rings. The standard InChI is InChI=1S/C22H19F2N7O2/c1-11-21(32)28-20-15(27-11)4-3-12(19(20)24)7-30-8-13-9-31(29-17(13)10-30)18-6-26-16(5-14(18)23)22(33)25-2/h3-6,9H,7-8,10H2,1-2H3,(H,25,33)(H,28,32). The first kappa shape index (κ1) is 20.9. The Morgan fingerprint density at radius 3 is 2.82 bits per heavy atom. The highest BCUT2D eigenvalue weighted by Crippen LogP contribution is 2.27. The SMILES string of the molecule is CNC(=O)c1cc(F)c(-n2cc3c(n2)CN(Cc2ccc4nc(C)c(=O)[nH]c4c2F)C3)cn1. The zero-order chi connectivity index (χ0) is 23.3. The Morgan fingerprint density at radius 2 is 2.09 bits per heavy atom. The number of H-pyrrole nitrogens is 1. The van der Waals surface area contributed by atoms with E-state index >= 15 is 4.39 Å². The second-order valence-electron chi connectivity index (χ2n) is 7.87. The lowest BCUT2D eigenvalue weighted by atomic mass is 10.1. The van der Waals surface area contributed by atoms with Crippen LogP contribution in [0.3, 0.4) is 0 Å². The van der Waals surface area contributed by atoms with Crippen molar-refractivity contribution in [3.05, 3.63) is 80.8 Å². The lowest BCUT2D eigenvalue weighted by molar-refractivity contribution is 0.0957. The van der Waals surface area contributed by atoms with Gasteiger partial charge in [0, 0.05) is 50.1 Å². The van der Waals surface area contributed by atoms with Gasteiger partial charge in [0.15, 0.2) is 11.6 Å². The van der Waals surface area contributed by atoms with Crippen molar-refractivity contribution < 1.29 is 13.6 Å². The number of pyridine rings is 1. The summed E-state index contributed by atoms with van der Waals surface area (Å²) in [7, 11) is 1.45. The highest BCUT2D eigenvalue weighted by molar-refractivity contribution is 5.92. The van der Waals surface area contributed by atoms with Gasteiger partial charge in [-0.3, -0.25) is 14.5 Å². The summed E-state index contributed by atoms with van der Waals surface area (Å²) in [4.78, 5) is 36.1. The molecule has 0 fully saturated rings. The monoisotopic (exact) mass is 451 g/mol. The Kier molecular flexibility index (Phi) is 4.97. The van der Waals surface area contributed by atoms with Crippen LogP contribution < -0.4 is 10.9 Å². The van der Waals surface area contributed by atoms with E-state index in [-0.39, 0.29) is 22.6 Å². The third-order valence-corrected chi connectivity index (χ3v) is 5.63. The fourth-order valence-corrected chi connectivity index (χ4v) is 3.92. The average molecular weight is 451 g/mol. The molecule has 1 aromatic carbocycles. The average Bonchev–Trinajstić information content (AvgIpc) is 3.35. The van der Waals surface area contributed by atoms with Gasteiger partial charge in [-0.2, -0.15) is 5.10 Å². The number of hydrogen-bond acceptors (Lipinski definition) is 6. The van der Waals surface area contributed by atoms with Gasteiger partial charge >= 0.3 is 0 Å². The van der Waals surface area contributed by atoms with Gasteiger partial charge in [0.2, 0.25) is 0 Å². The molecule has 2 N–H and O–H groups in total. The molecule has 9 nitrogen and oxygen atoms in total. The van der Waals surface area contributed by atoms with Crippen molar-refractivity contribution >= 4 is 16.9 Å². The van der Waals surface area contributed by atoms with Crippen molar-refractivity contribution in [3.63, 3.8) is 0 Å². The predicted octanol–water partition coefficient (Wildman–Crippen LogP) is 1.97. The van der Waals surface area contributed by atoms with E-state index in [9.17, 15) is 14.0 Å². The molecule has 4 heterocycles. The Labute approximate surface area is 186 Å². The number of carbonyl (C=O) groups excluding carboxylic acids is 1. The van der Waals surface area contributed by atoms with Crippen LogP contribution in [0.1, 0.15) is 33.0 Å². The topological polar surface area (TPSA) is 109 Å². The second-order valence-corrected chi connectivity index (χ2v) is 7.87. The van der Waals surface area contributed by atoms with Crippen LogP contribution in [-0.2, 0) is 19.6 Å². The van der Waals surface area contributed by atoms with Gasteiger partial charge in [0.1, 0.15) is 22.6 Å². The van der Waals surface area contributed by atoms with Gasteiger partial charge in [-0.15, -0.1) is 0 Å². The smallest absolute Gasteiger partial charge is 0.269 e. The van der Waals surface area contributed by atoms with E-state index in [1.807, 2.05) is 4.90 Å². The minimum atomic E-state index is -0.613. The summed E-state index contributed by atoms with van der Waals surface area (Å²) < 4.78 is 30.9. The molecule has 0 bridgehead atoms. The Balaban J connectivity index is 1.35. The molecule has 0 radical (unpaired) electrons. The Hall–Kier alpha value is -3.99. The van der Waals surface area contributed by atoms with E-state index < -0.39 is 23.1 Å². The lowest BCUT2D eigenvalue weighted by Crippen LogP contribution is -2.20. The molecule has 0 atom stereocenters. The number of hydrogen-bond donors (Lipinski definition) is 2. The molecule has 4 aromatic rings. The fourth-order valence-electron chi connectivity index (χ4n) is 3.92. The first-order valence-corrected chi connectivity index (χ1v) is 10.2. The third-order valence-electron chi connectivity index (χ3n) is 5.63. The molecule has 1 amide bonds. The molecule has 168 valence electrons. The third kappa shape index (κ3) is 3.65. The van der Waals surface area contributed by atoms with Crippen molar-refractivity contribution in [2.45, 2.75) is 26.6 Å². The molecule has 5 rings (SSSR count). The van der Waals surface area contributed by atoms with Crippen molar-refractivity contribution in [3.8, 4) is 5.69 Å². The number of benzene rings is 1. The maximum Gasteiger partial charge on any atom is 0.269 e. The molecule has 0 unspecified atom stereocenters. The summed E-state index contributed by atoms with van der Waals surface area (Å²) in [5.41, 5.74) is 2.53. The van der Waals surface area contributed by atoms with Crippen molar-refractivity contribution in [1.82, 2.24) is 34.9 Å². The van der Waals surface area contributed by atoms with Crippen LogP contribution in [0.5, 0.6) is 0 Å². The van der Waals surface area contributed by atoms with Gasteiger partial charge < -0.3 is 10.3 Å². The van der Waals surface area contributed by atoms with Crippen LogP contribution in [0, 0.1) is 18.6 Å². The zero-order valence-corrected chi connectivity index (χ0v) is 17.8. The van der Waals surface area contributed by atoms with E-state index in [4.69, 9.17) is 0 Å². The van der Waals surface area contributed by atoms with Crippen LogP contribution in [0.4, 0.5) is 8.78 Å². The highest BCUT2D eigenvalue weighted by Gasteiger charge is 2.25. The molecule has 0 spiro atoms. The number of aromatic amines is 1. The van der Waals surface area contributed by atoms with Gasteiger partial charge in [-0.25, -0.2) is 23.4 Å². The van der Waals surface area contributed by atoms with Gasteiger partial charge in [0.25, 0.3) is 11.5 Å². The summed E-state index contributed by atoms with van der Waals surface area (Å²) in [5.74, 6) is -1.59. The molecule has 3 aromatic heterocycles. The molecule has 1 aliphatic heterocycles. The molecule has 11 heteroatoms. The van der Waals surface area contributed by atoms with Crippen LogP contribution >= 0.6 is 0 Å². The van der Waals surface area contributed by atoms with Crippen molar-refractivity contribution in [2.24, 2.45) is 0 Å². The van der Waals surface area contributed by atoms with Crippen LogP contribution in [0.25, 0.3) is 16.7 Å². The molecule has 0 saturated carbocycles. The fraction of sp³-hybridized carbons (Fsp3) is 0.227. The summed E-state index contributed by atoms with van der Waals surface area (Å²) >= 11 is 0. The van der Waals surface area contributed by atoms with E-state index in [1.54, 1.807) is 25.3 Å². The maximum absolute atomic E-state index is 15.0. The number of fused-ring (bicyclic) bond motifs is 2. The number of nitrogens with zero attached hydrogens (tertiary/aromatic N) is 5. The van der Waals surface area contributed by atoms with E-state index in [0.717, 1.165) is 17.3 Å². The summed E-state index contributed by atoms with van der Waals surface area (Å²) in [6, 6.07) is 4.41. The van der Waals surface area contributed by atoms with Crippen LogP contribution in [-0.4, -0.2) is 42.6 Å². The first-order chi connectivity index (χ1) is 15.8. The molecule has 33 heavy (non-hydrogen) atoms. The number of carbonyl (C=O) groups is 1. The summed E-state index contributed by atoms with van der Waals surface area (Å²) in [6.07, 6.45) is 2.97. The number of aryl methyl sites for hydroxylation is 1. The van der Waals surface area contributed by atoms with Gasteiger partial charge in [0.05, 0.1) is 17.4 Å². The van der Waals surface area contributed by atoms with Crippen molar-refractivity contribution in [1.29, 1.82) is 0 Å².